The van der Waals surface area contributed by atoms with Crippen molar-refractivity contribution in [2.45, 2.75) is 45.8 Å². The van der Waals surface area contributed by atoms with Gasteiger partial charge in [-0.15, -0.1) is 0 Å². The zero-order valence-corrected chi connectivity index (χ0v) is 10.7. The van der Waals surface area contributed by atoms with Gasteiger partial charge < -0.3 is 10.1 Å². The monoisotopic (exact) mass is 228 g/mol. The predicted octanol–water partition coefficient (Wildman–Crippen LogP) is 1.01. The molecule has 1 fully saturated rings. The van der Waals surface area contributed by atoms with Crippen LogP contribution in [0.25, 0.3) is 0 Å². The molecule has 2 atom stereocenters. The SMILES string of the molecule is CCCNC(=O)[C@@H](C)N1CCO[C@H](CC)C1. The van der Waals surface area contributed by atoms with E-state index >= 15 is 0 Å². The average Bonchev–Trinajstić information content (AvgIpc) is 2.35. The number of amides is 1. The third-order valence-electron chi connectivity index (χ3n) is 3.10. The Morgan fingerprint density at radius 3 is 2.94 bits per heavy atom. The quantitative estimate of drug-likeness (QED) is 0.763. The molecule has 0 radical (unpaired) electrons. The fourth-order valence-electron chi connectivity index (χ4n) is 1.90. The van der Waals surface area contributed by atoms with Gasteiger partial charge in [-0.3, -0.25) is 9.69 Å². The Labute approximate surface area is 98.3 Å². The molecule has 4 heteroatoms. The van der Waals surface area contributed by atoms with Crippen molar-refractivity contribution in [3.63, 3.8) is 0 Å². The Kier molecular flexibility index (Phi) is 5.77. The summed E-state index contributed by atoms with van der Waals surface area (Å²) in [6.07, 6.45) is 2.29. The number of hydrogen-bond acceptors (Lipinski definition) is 3. The maximum absolute atomic E-state index is 11.8. The summed E-state index contributed by atoms with van der Waals surface area (Å²) in [6, 6.07) is -0.0375. The van der Waals surface area contributed by atoms with Crippen LogP contribution in [-0.2, 0) is 9.53 Å². The summed E-state index contributed by atoms with van der Waals surface area (Å²) >= 11 is 0. The molecule has 0 aromatic heterocycles. The molecule has 1 aliphatic rings. The van der Waals surface area contributed by atoms with Crippen molar-refractivity contribution in [3.05, 3.63) is 0 Å². The second-order valence-electron chi connectivity index (χ2n) is 4.36. The van der Waals surface area contributed by atoms with Gasteiger partial charge in [0.25, 0.3) is 0 Å². The highest BCUT2D eigenvalue weighted by Crippen LogP contribution is 2.11. The molecular weight excluding hydrogens is 204 g/mol. The molecule has 0 spiro atoms. The van der Waals surface area contributed by atoms with E-state index in [1.807, 2.05) is 6.92 Å². The normalized spacial score (nSPS) is 24.1. The lowest BCUT2D eigenvalue weighted by molar-refractivity contribution is -0.129. The van der Waals surface area contributed by atoms with Crippen LogP contribution in [0.1, 0.15) is 33.6 Å². The standard InChI is InChI=1S/C12H24N2O2/c1-4-6-13-12(15)10(3)14-7-8-16-11(5-2)9-14/h10-11H,4-9H2,1-3H3,(H,13,15)/t10-,11-/m1/s1. The van der Waals surface area contributed by atoms with Crippen LogP contribution < -0.4 is 5.32 Å². The highest BCUT2D eigenvalue weighted by Gasteiger charge is 2.26. The van der Waals surface area contributed by atoms with E-state index in [1.54, 1.807) is 0 Å². The van der Waals surface area contributed by atoms with Gasteiger partial charge in [-0.25, -0.2) is 0 Å². The van der Waals surface area contributed by atoms with Crippen molar-refractivity contribution in [1.29, 1.82) is 0 Å². The van der Waals surface area contributed by atoms with Gasteiger partial charge in [0, 0.05) is 19.6 Å². The lowest BCUT2D eigenvalue weighted by Gasteiger charge is -2.35. The number of hydrogen-bond donors (Lipinski definition) is 1. The third-order valence-corrected chi connectivity index (χ3v) is 3.10. The summed E-state index contributed by atoms with van der Waals surface area (Å²) in [5.74, 6) is 0.138. The van der Waals surface area contributed by atoms with E-state index in [2.05, 4.69) is 24.1 Å². The second-order valence-corrected chi connectivity index (χ2v) is 4.36. The van der Waals surface area contributed by atoms with Crippen molar-refractivity contribution in [2.75, 3.05) is 26.2 Å². The Morgan fingerprint density at radius 2 is 2.31 bits per heavy atom. The Morgan fingerprint density at radius 1 is 1.56 bits per heavy atom. The summed E-state index contributed by atoms with van der Waals surface area (Å²) in [6.45, 7) is 9.40. The van der Waals surface area contributed by atoms with E-state index in [1.165, 1.54) is 0 Å². The third kappa shape index (κ3) is 3.76. The average molecular weight is 228 g/mol. The van der Waals surface area contributed by atoms with E-state index < -0.39 is 0 Å². The lowest BCUT2D eigenvalue weighted by Crippen LogP contribution is -2.52. The largest absolute Gasteiger partial charge is 0.376 e. The summed E-state index contributed by atoms with van der Waals surface area (Å²) in [4.78, 5) is 14.0. The van der Waals surface area contributed by atoms with Crippen molar-refractivity contribution in [2.24, 2.45) is 0 Å². The van der Waals surface area contributed by atoms with Gasteiger partial charge >= 0.3 is 0 Å². The summed E-state index contributed by atoms with van der Waals surface area (Å²) < 4.78 is 5.60. The van der Waals surface area contributed by atoms with Crippen molar-refractivity contribution in [1.82, 2.24) is 10.2 Å². The van der Waals surface area contributed by atoms with Crippen LogP contribution in [0.4, 0.5) is 0 Å². The van der Waals surface area contributed by atoms with Crippen LogP contribution in [0.15, 0.2) is 0 Å². The zero-order chi connectivity index (χ0) is 12.0. The Hall–Kier alpha value is -0.610. The van der Waals surface area contributed by atoms with Gasteiger partial charge in [0.05, 0.1) is 18.8 Å². The van der Waals surface area contributed by atoms with Crippen molar-refractivity contribution < 1.29 is 9.53 Å². The van der Waals surface area contributed by atoms with Crippen LogP contribution in [-0.4, -0.2) is 49.2 Å². The van der Waals surface area contributed by atoms with Gasteiger partial charge in [0.15, 0.2) is 0 Å². The van der Waals surface area contributed by atoms with E-state index in [9.17, 15) is 4.79 Å². The summed E-state index contributed by atoms with van der Waals surface area (Å²) in [5, 5.41) is 2.94. The molecule has 4 nitrogen and oxygen atoms in total. The number of nitrogens with one attached hydrogen (secondary N) is 1. The summed E-state index contributed by atoms with van der Waals surface area (Å²) in [5.41, 5.74) is 0. The van der Waals surface area contributed by atoms with Gasteiger partial charge in [-0.05, 0) is 19.8 Å². The van der Waals surface area contributed by atoms with Crippen LogP contribution in [0, 0.1) is 0 Å². The molecule has 94 valence electrons. The van der Waals surface area contributed by atoms with Crippen LogP contribution in [0.5, 0.6) is 0 Å². The first-order chi connectivity index (χ1) is 7.69. The molecule has 0 saturated carbocycles. The first-order valence-electron chi connectivity index (χ1n) is 6.32. The Balaban J connectivity index is 2.39. The minimum Gasteiger partial charge on any atom is -0.376 e. The maximum Gasteiger partial charge on any atom is 0.237 e. The molecule has 0 aromatic rings. The molecule has 1 heterocycles. The minimum absolute atomic E-state index is 0.0375. The maximum atomic E-state index is 11.8. The molecule has 1 rings (SSSR count). The van der Waals surface area contributed by atoms with Crippen LogP contribution in [0.3, 0.4) is 0 Å². The molecule has 0 aliphatic carbocycles. The van der Waals surface area contributed by atoms with Crippen LogP contribution >= 0.6 is 0 Å². The summed E-state index contributed by atoms with van der Waals surface area (Å²) in [7, 11) is 0. The van der Waals surface area contributed by atoms with E-state index in [-0.39, 0.29) is 18.1 Å². The second kappa shape index (κ2) is 6.86. The lowest BCUT2D eigenvalue weighted by atomic mass is 10.1. The topological polar surface area (TPSA) is 41.6 Å². The number of carbonyl (C=O) groups excluding carboxylic acids is 1. The van der Waals surface area contributed by atoms with Crippen molar-refractivity contribution >= 4 is 5.91 Å². The van der Waals surface area contributed by atoms with Crippen LogP contribution in [0.2, 0.25) is 0 Å². The van der Waals surface area contributed by atoms with E-state index in [0.29, 0.717) is 0 Å². The molecule has 1 aliphatic heterocycles. The molecule has 0 unspecified atom stereocenters. The number of carbonyl (C=O) groups is 1. The molecule has 1 saturated heterocycles. The first-order valence-corrected chi connectivity index (χ1v) is 6.32. The smallest absolute Gasteiger partial charge is 0.237 e. The zero-order valence-electron chi connectivity index (χ0n) is 10.7. The number of ether oxygens (including phenoxy) is 1. The van der Waals surface area contributed by atoms with Crippen molar-refractivity contribution in [3.8, 4) is 0 Å². The molecule has 0 bridgehead atoms. The molecule has 1 N–H and O–H groups in total. The van der Waals surface area contributed by atoms with E-state index in [4.69, 9.17) is 4.74 Å². The molecule has 0 aromatic carbocycles. The van der Waals surface area contributed by atoms with Gasteiger partial charge in [-0.2, -0.15) is 0 Å². The molecule has 1 amide bonds. The van der Waals surface area contributed by atoms with E-state index in [0.717, 1.165) is 39.1 Å². The fraction of sp³-hybridized carbons (Fsp3) is 0.917. The predicted molar refractivity (Wildman–Crippen MR) is 64.4 cm³/mol. The minimum atomic E-state index is -0.0375. The van der Waals surface area contributed by atoms with Gasteiger partial charge in [-0.1, -0.05) is 13.8 Å². The number of rotatable bonds is 5. The number of morpholine rings is 1. The first kappa shape index (κ1) is 13.5. The molecule has 16 heavy (non-hydrogen) atoms. The van der Waals surface area contributed by atoms with Gasteiger partial charge in [0.2, 0.25) is 5.91 Å². The number of nitrogens with zero attached hydrogens (tertiary/aromatic N) is 1. The fourth-order valence-corrected chi connectivity index (χ4v) is 1.90. The highest BCUT2D eigenvalue weighted by atomic mass is 16.5. The Bertz CT molecular complexity index is 221. The van der Waals surface area contributed by atoms with Gasteiger partial charge in [0.1, 0.15) is 0 Å². The highest BCUT2D eigenvalue weighted by molar-refractivity contribution is 5.81. The molecular formula is C12H24N2O2.